The number of piperidine rings is 1. The fraction of sp³-hybridized carbons (Fsp3) is 0.833. The Labute approximate surface area is 103 Å². The zero-order valence-corrected chi connectivity index (χ0v) is 10.7. The first kappa shape index (κ1) is 12.4. The minimum Gasteiger partial charge on any atom is -0.340 e. The van der Waals surface area contributed by atoms with Gasteiger partial charge in [0.2, 0.25) is 5.95 Å². The van der Waals surface area contributed by atoms with Crippen LogP contribution < -0.4 is 10.6 Å². The van der Waals surface area contributed by atoms with Crippen molar-refractivity contribution in [1.82, 2.24) is 15.2 Å². The Kier molecular flexibility index (Phi) is 4.36. The minimum atomic E-state index is 0.685. The average Bonchev–Trinajstić information content (AvgIpc) is 2.85. The van der Waals surface area contributed by atoms with Crippen LogP contribution in [0, 0.1) is 5.92 Å². The van der Waals surface area contributed by atoms with Crippen LogP contribution in [0.5, 0.6) is 0 Å². The maximum absolute atomic E-state index is 5.69. The zero-order valence-electron chi connectivity index (χ0n) is 10.7. The topological polar surface area (TPSA) is 70.8 Å². The summed E-state index contributed by atoms with van der Waals surface area (Å²) >= 11 is 0. The van der Waals surface area contributed by atoms with E-state index in [0.717, 1.165) is 50.7 Å². The van der Waals surface area contributed by atoms with Crippen LogP contribution in [0.3, 0.4) is 0 Å². The number of hydrogen-bond donors (Lipinski definition) is 2. The number of H-pyrrole nitrogens is 1. The molecule has 0 spiro atoms. The van der Waals surface area contributed by atoms with Gasteiger partial charge in [0.05, 0.1) is 0 Å². The van der Waals surface area contributed by atoms with Gasteiger partial charge in [0, 0.05) is 19.5 Å². The first-order chi connectivity index (χ1) is 8.33. The number of aryl methyl sites for hydroxylation is 1. The van der Waals surface area contributed by atoms with Gasteiger partial charge in [0.25, 0.3) is 0 Å². The molecule has 1 fully saturated rings. The molecule has 1 aliphatic heterocycles. The maximum Gasteiger partial charge on any atom is 0.244 e. The van der Waals surface area contributed by atoms with Crippen molar-refractivity contribution in [1.29, 1.82) is 0 Å². The molecule has 17 heavy (non-hydrogen) atoms. The van der Waals surface area contributed by atoms with Crippen molar-refractivity contribution in [3.8, 4) is 0 Å². The number of anilines is 1. The van der Waals surface area contributed by atoms with Crippen molar-refractivity contribution < 1.29 is 0 Å². The second kappa shape index (κ2) is 6.00. The van der Waals surface area contributed by atoms with Crippen LogP contribution >= 0.6 is 0 Å². The van der Waals surface area contributed by atoms with E-state index >= 15 is 0 Å². The molecule has 1 aromatic heterocycles. The van der Waals surface area contributed by atoms with Gasteiger partial charge >= 0.3 is 0 Å². The molecule has 0 unspecified atom stereocenters. The van der Waals surface area contributed by atoms with Crippen molar-refractivity contribution in [2.45, 2.75) is 39.0 Å². The lowest BCUT2D eigenvalue weighted by Gasteiger charge is -2.30. The molecule has 0 atom stereocenters. The van der Waals surface area contributed by atoms with Crippen LogP contribution in [0.1, 0.15) is 38.4 Å². The second-order valence-electron chi connectivity index (χ2n) is 4.85. The number of nitrogens with zero attached hydrogens (tertiary/aromatic N) is 3. The molecular formula is C12H23N5. The van der Waals surface area contributed by atoms with Crippen LogP contribution in [-0.2, 0) is 6.42 Å². The van der Waals surface area contributed by atoms with E-state index in [1.165, 1.54) is 12.8 Å². The van der Waals surface area contributed by atoms with Crippen LogP contribution in [0.4, 0.5) is 5.95 Å². The second-order valence-corrected chi connectivity index (χ2v) is 4.85. The summed E-state index contributed by atoms with van der Waals surface area (Å²) in [5, 5.41) is 7.34. The SMILES string of the molecule is CCCCc1nc(N2CCC(CN)CC2)n[nH]1. The number of rotatable bonds is 5. The van der Waals surface area contributed by atoms with Crippen molar-refractivity contribution in [3.05, 3.63) is 5.82 Å². The van der Waals surface area contributed by atoms with E-state index in [-0.39, 0.29) is 0 Å². The van der Waals surface area contributed by atoms with Crippen molar-refractivity contribution >= 4 is 5.95 Å². The Morgan fingerprint density at radius 3 is 2.82 bits per heavy atom. The molecule has 0 saturated carbocycles. The summed E-state index contributed by atoms with van der Waals surface area (Å²) in [6.07, 6.45) is 5.69. The van der Waals surface area contributed by atoms with E-state index in [9.17, 15) is 0 Å². The molecule has 5 nitrogen and oxygen atoms in total. The Morgan fingerprint density at radius 1 is 1.41 bits per heavy atom. The molecule has 3 N–H and O–H groups in total. The molecule has 1 aliphatic rings. The fourth-order valence-electron chi connectivity index (χ4n) is 2.25. The van der Waals surface area contributed by atoms with Gasteiger partial charge in [-0.3, -0.25) is 5.10 Å². The van der Waals surface area contributed by atoms with Gasteiger partial charge in [0.15, 0.2) is 0 Å². The largest absolute Gasteiger partial charge is 0.340 e. The predicted octanol–water partition coefficient (Wildman–Crippen LogP) is 1.32. The van der Waals surface area contributed by atoms with E-state index in [1.807, 2.05) is 0 Å². The number of nitrogens with one attached hydrogen (secondary N) is 1. The first-order valence-corrected chi connectivity index (χ1v) is 6.69. The Balaban J connectivity index is 1.87. The number of hydrogen-bond acceptors (Lipinski definition) is 4. The summed E-state index contributed by atoms with van der Waals surface area (Å²) in [6, 6.07) is 0. The summed E-state index contributed by atoms with van der Waals surface area (Å²) in [5.41, 5.74) is 5.69. The Morgan fingerprint density at radius 2 is 2.18 bits per heavy atom. The predicted molar refractivity (Wildman–Crippen MR) is 69.0 cm³/mol. The Bertz CT molecular complexity index is 327. The minimum absolute atomic E-state index is 0.685. The summed E-state index contributed by atoms with van der Waals surface area (Å²) in [5.74, 6) is 2.57. The quantitative estimate of drug-likeness (QED) is 0.810. The fourth-order valence-corrected chi connectivity index (χ4v) is 2.25. The molecule has 0 amide bonds. The van der Waals surface area contributed by atoms with E-state index in [0.29, 0.717) is 5.92 Å². The molecule has 0 bridgehead atoms. The molecule has 1 saturated heterocycles. The average molecular weight is 237 g/mol. The van der Waals surface area contributed by atoms with Crippen LogP contribution in [-0.4, -0.2) is 34.8 Å². The lowest BCUT2D eigenvalue weighted by molar-refractivity contribution is 0.411. The molecule has 1 aromatic rings. The van der Waals surface area contributed by atoms with Crippen molar-refractivity contribution in [3.63, 3.8) is 0 Å². The highest BCUT2D eigenvalue weighted by molar-refractivity contribution is 5.29. The van der Waals surface area contributed by atoms with Crippen molar-refractivity contribution in [2.75, 3.05) is 24.5 Å². The highest BCUT2D eigenvalue weighted by Crippen LogP contribution is 2.19. The van der Waals surface area contributed by atoms with Gasteiger partial charge in [-0.2, -0.15) is 4.98 Å². The zero-order chi connectivity index (χ0) is 12.1. The van der Waals surface area contributed by atoms with E-state index in [1.54, 1.807) is 0 Å². The van der Waals surface area contributed by atoms with Crippen LogP contribution in [0.25, 0.3) is 0 Å². The molecular weight excluding hydrogens is 214 g/mol. The molecule has 0 radical (unpaired) electrons. The summed E-state index contributed by atoms with van der Waals surface area (Å²) in [4.78, 5) is 6.81. The number of aromatic amines is 1. The summed E-state index contributed by atoms with van der Waals surface area (Å²) < 4.78 is 0. The maximum atomic E-state index is 5.69. The van der Waals surface area contributed by atoms with Crippen molar-refractivity contribution in [2.24, 2.45) is 11.7 Å². The van der Waals surface area contributed by atoms with E-state index in [2.05, 4.69) is 27.0 Å². The van der Waals surface area contributed by atoms with Gasteiger partial charge in [-0.15, -0.1) is 5.10 Å². The highest BCUT2D eigenvalue weighted by Gasteiger charge is 2.20. The molecule has 2 heterocycles. The van der Waals surface area contributed by atoms with E-state index < -0.39 is 0 Å². The molecule has 96 valence electrons. The van der Waals surface area contributed by atoms with Gasteiger partial charge in [-0.25, -0.2) is 0 Å². The lowest BCUT2D eigenvalue weighted by Crippen LogP contribution is -2.36. The smallest absolute Gasteiger partial charge is 0.244 e. The monoisotopic (exact) mass is 237 g/mol. The first-order valence-electron chi connectivity index (χ1n) is 6.69. The summed E-state index contributed by atoms with van der Waals surface area (Å²) in [6.45, 7) is 5.07. The molecule has 0 aromatic carbocycles. The van der Waals surface area contributed by atoms with Crippen LogP contribution in [0.15, 0.2) is 0 Å². The Hall–Kier alpha value is -1.10. The van der Waals surface area contributed by atoms with Gasteiger partial charge < -0.3 is 10.6 Å². The third kappa shape index (κ3) is 3.19. The third-order valence-corrected chi connectivity index (χ3v) is 3.52. The van der Waals surface area contributed by atoms with Gasteiger partial charge in [0.1, 0.15) is 5.82 Å². The third-order valence-electron chi connectivity index (χ3n) is 3.52. The normalized spacial score (nSPS) is 17.6. The van der Waals surface area contributed by atoms with Crippen LogP contribution in [0.2, 0.25) is 0 Å². The van der Waals surface area contributed by atoms with Gasteiger partial charge in [-0.05, 0) is 31.7 Å². The standard InChI is InChI=1S/C12H23N5/c1-2-3-4-11-14-12(16-15-11)17-7-5-10(9-13)6-8-17/h10H,2-9,13H2,1H3,(H,14,15,16). The number of aromatic nitrogens is 3. The molecule has 5 heteroatoms. The van der Waals surface area contributed by atoms with Gasteiger partial charge in [-0.1, -0.05) is 13.3 Å². The summed E-state index contributed by atoms with van der Waals surface area (Å²) in [7, 11) is 0. The lowest BCUT2D eigenvalue weighted by atomic mass is 9.97. The number of unbranched alkanes of at least 4 members (excludes halogenated alkanes) is 1. The molecule has 0 aliphatic carbocycles. The van der Waals surface area contributed by atoms with E-state index in [4.69, 9.17) is 5.73 Å². The highest BCUT2D eigenvalue weighted by atomic mass is 15.4. The molecule has 2 rings (SSSR count). The number of nitrogens with two attached hydrogens (primary N) is 1.